The first kappa shape index (κ1) is 27.2. The van der Waals surface area contributed by atoms with Crippen molar-refractivity contribution in [2.45, 2.75) is 19.9 Å². The summed E-state index contributed by atoms with van der Waals surface area (Å²) in [6.45, 7) is 5.28. The number of carboxylic acid groups (broad SMARTS) is 1. The van der Waals surface area contributed by atoms with Gasteiger partial charge in [-0.05, 0) is 55.8 Å². The lowest BCUT2D eigenvalue weighted by Crippen LogP contribution is -2.48. The molecule has 10 nitrogen and oxygen atoms in total. The third-order valence-corrected chi connectivity index (χ3v) is 7.17. The summed E-state index contributed by atoms with van der Waals surface area (Å²) in [5.41, 5.74) is 2.35. The Kier molecular flexibility index (Phi) is 7.28. The molecule has 1 aliphatic rings. The Bertz CT molecular complexity index is 1810. The lowest BCUT2D eigenvalue weighted by molar-refractivity contribution is 0.0698. The molecule has 2 aromatic carbocycles. The molecule has 206 valence electrons. The van der Waals surface area contributed by atoms with E-state index in [1.807, 2.05) is 41.9 Å². The molecule has 0 aliphatic carbocycles. The predicted molar refractivity (Wildman–Crippen MR) is 152 cm³/mol. The molecule has 0 spiro atoms. The minimum absolute atomic E-state index is 0.0890. The van der Waals surface area contributed by atoms with E-state index in [4.69, 9.17) is 10.2 Å². The Morgan fingerprint density at radius 1 is 1.07 bits per heavy atom. The molecule has 5 rings (SSSR count). The van der Waals surface area contributed by atoms with E-state index in [0.29, 0.717) is 48.8 Å². The van der Waals surface area contributed by atoms with Gasteiger partial charge in [0.25, 0.3) is 5.56 Å². The number of anilines is 3. The molecule has 4 aromatic rings. The van der Waals surface area contributed by atoms with Crippen LogP contribution in [0.1, 0.15) is 45.6 Å². The summed E-state index contributed by atoms with van der Waals surface area (Å²) in [4.78, 5) is 33.8. The second kappa shape index (κ2) is 11.0. The predicted octanol–water partition coefficient (Wildman–Crippen LogP) is 4.08. The van der Waals surface area contributed by atoms with E-state index in [0.717, 1.165) is 5.56 Å². The number of fused-ring (bicyclic) bond motifs is 1. The van der Waals surface area contributed by atoms with Gasteiger partial charge in [-0.2, -0.15) is 10.5 Å². The van der Waals surface area contributed by atoms with Crippen molar-refractivity contribution in [2.24, 2.45) is 0 Å². The van der Waals surface area contributed by atoms with E-state index in [1.165, 1.54) is 16.5 Å². The maximum atomic E-state index is 14.6. The molecule has 2 N–H and O–H groups in total. The van der Waals surface area contributed by atoms with E-state index in [1.54, 1.807) is 36.5 Å². The monoisotopic (exact) mass is 551 g/mol. The molecule has 1 atom stereocenters. The van der Waals surface area contributed by atoms with Crippen LogP contribution in [0.4, 0.5) is 21.6 Å². The highest BCUT2D eigenvalue weighted by molar-refractivity contribution is 5.94. The zero-order valence-corrected chi connectivity index (χ0v) is 22.4. The Morgan fingerprint density at radius 2 is 1.78 bits per heavy atom. The minimum atomic E-state index is -1.07. The fourth-order valence-electron chi connectivity index (χ4n) is 5.14. The molecule has 41 heavy (non-hydrogen) atoms. The summed E-state index contributed by atoms with van der Waals surface area (Å²) in [7, 11) is 0. The van der Waals surface area contributed by atoms with Gasteiger partial charge in [-0.15, -0.1) is 0 Å². The molecule has 11 heteroatoms. The van der Waals surface area contributed by atoms with Gasteiger partial charge in [0.2, 0.25) is 0 Å². The third kappa shape index (κ3) is 5.13. The lowest BCUT2D eigenvalue weighted by Gasteiger charge is -2.37. The van der Waals surface area contributed by atoms with Gasteiger partial charge in [0, 0.05) is 43.6 Å². The van der Waals surface area contributed by atoms with Gasteiger partial charge in [-0.25, -0.2) is 14.2 Å². The van der Waals surface area contributed by atoms with Gasteiger partial charge >= 0.3 is 5.97 Å². The summed E-state index contributed by atoms with van der Waals surface area (Å²) < 4.78 is 16.0. The highest BCUT2D eigenvalue weighted by Crippen LogP contribution is 2.28. The fourth-order valence-corrected chi connectivity index (χ4v) is 5.14. The van der Waals surface area contributed by atoms with Gasteiger partial charge < -0.3 is 20.2 Å². The molecule has 0 amide bonds. The van der Waals surface area contributed by atoms with Gasteiger partial charge in [-0.1, -0.05) is 12.1 Å². The van der Waals surface area contributed by atoms with Crippen molar-refractivity contribution in [3.8, 4) is 12.1 Å². The second-order valence-corrected chi connectivity index (χ2v) is 9.86. The van der Waals surface area contributed by atoms with Crippen LogP contribution in [0.25, 0.3) is 5.65 Å². The number of nitrogens with one attached hydrogen (secondary N) is 1. The molecule has 0 bridgehead atoms. The van der Waals surface area contributed by atoms with Crippen LogP contribution in [0.3, 0.4) is 0 Å². The number of aromatic carboxylic acids is 1. The van der Waals surface area contributed by atoms with Crippen molar-refractivity contribution in [1.82, 2.24) is 9.38 Å². The first-order valence-electron chi connectivity index (χ1n) is 13.0. The van der Waals surface area contributed by atoms with Gasteiger partial charge in [0.15, 0.2) is 11.4 Å². The van der Waals surface area contributed by atoms with Crippen molar-refractivity contribution in [1.29, 1.82) is 10.5 Å². The second-order valence-electron chi connectivity index (χ2n) is 9.86. The number of hydrogen-bond acceptors (Lipinski definition) is 8. The number of hydrogen-bond donors (Lipinski definition) is 2. The first-order valence-corrected chi connectivity index (χ1v) is 13.0. The zero-order valence-electron chi connectivity index (χ0n) is 22.4. The Morgan fingerprint density at radius 3 is 2.44 bits per heavy atom. The molecular weight excluding hydrogens is 525 g/mol. The highest BCUT2D eigenvalue weighted by Gasteiger charge is 2.26. The van der Waals surface area contributed by atoms with E-state index in [-0.39, 0.29) is 22.5 Å². The maximum absolute atomic E-state index is 14.6. The van der Waals surface area contributed by atoms with Crippen LogP contribution in [0.5, 0.6) is 0 Å². The van der Waals surface area contributed by atoms with E-state index in [2.05, 4.69) is 5.32 Å². The topological polar surface area (TPSA) is 138 Å². The third-order valence-electron chi connectivity index (χ3n) is 7.17. The van der Waals surface area contributed by atoms with Gasteiger partial charge in [0.05, 0.1) is 28.9 Å². The molecule has 2 aromatic heterocycles. The number of halogens is 1. The van der Waals surface area contributed by atoms with Crippen molar-refractivity contribution in [3.05, 3.63) is 98.7 Å². The molecule has 0 radical (unpaired) electrons. The van der Waals surface area contributed by atoms with Crippen LogP contribution in [0.2, 0.25) is 0 Å². The molecule has 1 unspecified atom stereocenters. The molecule has 1 aliphatic heterocycles. The summed E-state index contributed by atoms with van der Waals surface area (Å²) in [5, 5.41) is 31.8. The summed E-state index contributed by atoms with van der Waals surface area (Å²) in [6, 6.07) is 16.3. The van der Waals surface area contributed by atoms with Crippen LogP contribution in [-0.2, 0) is 0 Å². The summed E-state index contributed by atoms with van der Waals surface area (Å²) in [6.07, 6.45) is 1.63. The number of aryl methyl sites for hydroxylation is 1. The number of piperazine rings is 1. The van der Waals surface area contributed by atoms with E-state index < -0.39 is 23.4 Å². The molecule has 1 fully saturated rings. The largest absolute Gasteiger partial charge is 0.478 e. The van der Waals surface area contributed by atoms with Crippen LogP contribution >= 0.6 is 0 Å². The molecule has 0 saturated carbocycles. The highest BCUT2D eigenvalue weighted by atomic mass is 19.1. The molecule has 1 saturated heterocycles. The van der Waals surface area contributed by atoms with Crippen LogP contribution in [-0.4, -0.2) is 46.6 Å². The number of aromatic nitrogens is 2. The van der Waals surface area contributed by atoms with Crippen LogP contribution in [0, 0.1) is 35.4 Å². The van der Waals surface area contributed by atoms with Crippen molar-refractivity contribution in [3.63, 3.8) is 0 Å². The zero-order chi connectivity index (χ0) is 29.3. The number of rotatable bonds is 6. The van der Waals surface area contributed by atoms with Gasteiger partial charge in [-0.3, -0.25) is 9.20 Å². The number of para-hydroxylation sites is 1. The molecular formula is C30H26FN7O3. The average molecular weight is 552 g/mol. The Hall–Kier alpha value is -5.42. The van der Waals surface area contributed by atoms with Crippen molar-refractivity contribution >= 4 is 28.8 Å². The quantitative estimate of drug-likeness (QED) is 0.363. The van der Waals surface area contributed by atoms with Crippen LogP contribution < -0.4 is 20.7 Å². The van der Waals surface area contributed by atoms with E-state index in [9.17, 15) is 24.3 Å². The molecule has 3 heterocycles. The van der Waals surface area contributed by atoms with Crippen molar-refractivity contribution in [2.75, 3.05) is 41.3 Å². The van der Waals surface area contributed by atoms with Crippen molar-refractivity contribution < 1.29 is 14.3 Å². The van der Waals surface area contributed by atoms with Crippen LogP contribution in [0.15, 0.2) is 59.5 Å². The first-order chi connectivity index (χ1) is 19.7. The van der Waals surface area contributed by atoms with Gasteiger partial charge in [0.1, 0.15) is 17.5 Å². The Balaban J connectivity index is 1.51. The fraction of sp³-hybridized carbons (Fsp3) is 0.233. The van der Waals surface area contributed by atoms with E-state index >= 15 is 0 Å². The average Bonchev–Trinajstić information content (AvgIpc) is 2.97. The number of carboxylic acids is 1. The number of benzene rings is 2. The Labute approximate surface area is 235 Å². The number of carbonyl (C=O) groups is 1. The number of nitrogens with zero attached hydrogens (tertiary/aromatic N) is 6. The standard InChI is InChI=1S/C30H26FN7O3/c1-18-13-22(19(2)34-25-6-4-3-5-21(25)30(40)41)28-35-27(23(16-33)29(39)38(28)17-18)37-11-9-36(10-12-37)26-8-7-20(15-32)14-24(26)31/h3-8,13-14,17,19,34H,9-12H2,1-2H3,(H,40,41). The number of pyridine rings is 1. The normalized spacial score (nSPS) is 13.9. The summed E-state index contributed by atoms with van der Waals surface area (Å²) >= 11 is 0. The smallest absolute Gasteiger partial charge is 0.337 e. The number of nitriles is 2. The summed E-state index contributed by atoms with van der Waals surface area (Å²) in [5.74, 6) is -1.30. The SMILES string of the molecule is Cc1cc(C(C)Nc2ccccc2C(=O)O)c2nc(N3CCN(c4ccc(C#N)cc4F)CC3)c(C#N)c(=O)n2c1. The minimum Gasteiger partial charge on any atom is -0.478 e. The maximum Gasteiger partial charge on any atom is 0.337 e. The lowest BCUT2D eigenvalue weighted by atomic mass is 10.1.